The summed E-state index contributed by atoms with van der Waals surface area (Å²) < 4.78 is 5.59. The maximum absolute atomic E-state index is 5.59. The predicted molar refractivity (Wildman–Crippen MR) is 130 cm³/mol. The van der Waals surface area contributed by atoms with Crippen molar-refractivity contribution in [1.29, 1.82) is 0 Å². The van der Waals surface area contributed by atoms with Crippen molar-refractivity contribution in [3.05, 3.63) is 59.7 Å². The molecule has 0 radical (unpaired) electrons. The van der Waals surface area contributed by atoms with Gasteiger partial charge in [0.1, 0.15) is 5.82 Å². The van der Waals surface area contributed by atoms with Gasteiger partial charge in [-0.1, -0.05) is 18.2 Å². The fourth-order valence-electron chi connectivity index (χ4n) is 6.35. The van der Waals surface area contributed by atoms with Crippen LogP contribution in [0.4, 0.5) is 0 Å². The fourth-order valence-corrected chi connectivity index (χ4v) is 6.35. The van der Waals surface area contributed by atoms with Crippen molar-refractivity contribution in [2.45, 2.75) is 69.6 Å². The molecular weight excluding hydrogens is 410 g/mol. The number of aromatic nitrogens is 3. The lowest BCUT2D eigenvalue weighted by Gasteiger charge is -2.45. The van der Waals surface area contributed by atoms with Gasteiger partial charge in [-0.05, 0) is 68.7 Å². The minimum absolute atomic E-state index is 0.382. The highest BCUT2D eigenvalue weighted by Crippen LogP contribution is 2.38. The van der Waals surface area contributed by atoms with Gasteiger partial charge in [0.25, 0.3) is 0 Å². The average molecular weight is 446 g/mol. The Morgan fingerprint density at radius 3 is 2.70 bits per heavy atom. The molecule has 1 N–H and O–H groups in total. The van der Waals surface area contributed by atoms with Gasteiger partial charge in [-0.3, -0.25) is 14.8 Å². The number of benzene rings is 1. The number of morpholine rings is 1. The van der Waals surface area contributed by atoms with Crippen LogP contribution in [0.5, 0.6) is 0 Å². The number of aryl methyl sites for hydroxylation is 1. The third-order valence-electron chi connectivity index (χ3n) is 8.03. The van der Waals surface area contributed by atoms with E-state index in [4.69, 9.17) is 14.7 Å². The van der Waals surface area contributed by atoms with E-state index in [9.17, 15) is 0 Å². The molecule has 3 aliphatic rings. The van der Waals surface area contributed by atoms with Crippen molar-refractivity contribution in [3.63, 3.8) is 0 Å². The number of pyridine rings is 1. The molecule has 3 heterocycles. The van der Waals surface area contributed by atoms with E-state index < -0.39 is 0 Å². The largest absolute Gasteiger partial charge is 0.379 e. The predicted octanol–water partition coefficient (Wildman–Crippen LogP) is 4.48. The Balaban J connectivity index is 1.25. The molecule has 6 rings (SSSR count). The molecule has 3 aromatic rings. The molecule has 0 amide bonds. The summed E-state index contributed by atoms with van der Waals surface area (Å²) in [5.41, 5.74) is 4.93. The van der Waals surface area contributed by atoms with Gasteiger partial charge in [-0.25, -0.2) is 4.98 Å². The molecule has 1 aliphatic heterocycles. The molecular formula is C27H35N5O. The van der Waals surface area contributed by atoms with Crippen LogP contribution in [0.1, 0.15) is 61.6 Å². The normalized spacial score (nSPS) is 26.5. The summed E-state index contributed by atoms with van der Waals surface area (Å²) in [7, 11) is 0. The van der Waals surface area contributed by atoms with Crippen molar-refractivity contribution in [2.75, 3.05) is 26.3 Å². The number of fused-ring (bicyclic) bond motifs is 2. The third kappa shape index (κ3) is 4.44. The van der Waals surface area contributed by atoms with Gasteiger partial charge < -0.3 is 9.72 Å². The molecule has 1 aromatic carbocycles. The number of para-hydroxylation sites is 2. The maximum Gasteiger partial charge on any atom is 0.121 e. The monoisotopic (exact) mass is 445 g/mol. The highest BCUT2D eigenvalue weighted by atomic mass is 16.5. The number of rotatable bonds is 5. The first-order valence-electron chi connectivity index (χ1n) is 12.8. The lowest BCUT2D eigenvalue weighted by Crippen LogP contribution is -2.48. The number of hydrogen-bond donors (Lipinski definition) is 1. The molecule has 1 atom stereocenters. The highest BCUT2D eigenvalue weighted by Gasteiger charge is 2.36. The summed E-state index contributed by atoms with van der Waals surface area (Å²) in [5.74, 6) is 1.08. The fraction of sp³-hybridized carbons (Fsp3) is 0.556. The lowest BCUT2D eigenvalue weighted by molar-refractivity contribution is -0.00510. The van der Waals surface area contributed by atoms with Crippen LogP contribution in [0, 0.1) is 0 Å². The van der Waals surface area contributed by atoms with Crippen LogP contribution < -0.4 is 0 Å². The Kier molecular flexibility index (Phi) is 6.14. The summed E-state index contributed by atoms with van der Waals surface area (Å²) in [4.78, 5) is 18.9. The van der Waals surface area contributed by atoms with Crippen LogP contribution >= 0.6 is 0 Å². The maximum atomic E-state index is 5.59. The van der Waals surface area contributed by atoms with Gasteiger partial charge in [0.15, 0.2) is 0 Å². The molecule has 174 valence electrons. The van der Waals surface area contributed by atoms with E-state index >= 15 is 0 Å². The second kappa shape index (κ2) is 9.53. The van der Waals surface area contributed by atoms with Gasteiger partial charge in [0.05, 0.1) is 42.5 Å². The zero-order valence-electron chi connectivity index (χ0n) is 19.5. The summed E-state index contributed by atoms with van der Waals surface area (Å²) in [6, 6.07) is 14.4. The van der Waals surface area contributed by atoms with Crippen molar-refractivity contribution in [3.8, 4) is 0 Å². The Hall–Kier alpha value is -2.28. The molecule has 0 bridgehead atoms. The summed E-state index contributed by atoms with van der Waals surface area (Å²) in [6.07, 6.45) is 10.6. The van der Waals surface area contributed by atoms with Crippen molar-refractivity contribution < 1.29 is 4.74 Å². The Labute approximate surface area is 196 Å². The topological polar surface area (TPSA) is 57.3 Å². The number of hydrogen-bond acceptors (Lipinski definition) is 5. The minimum Gasteiger partial charge on any atom is -0.379 e. The van der Waals surface area contributed by atoms with Gasteiger partial charge in [-0.2, -0.15) is 0 Å². The quantitative estimate of drug-likeness (QED) is 0.628. The van der Waals surface area contributed by atoms with E-state index in [0.717, 1.165) is 62.2 Å². The smallest absolute Gasteiger partial charge is 0.121 e. The summed E-state index contributed by atoms with van der Waals surface area (Å²) in [5, 5.41) is 0. The van der Waals surface area contributed by atoms with Crippen LogP contribution in [0.3, 0.4) is 0 Å². The third-order valence-corrected chi connectivity index (χ3v) is 8.03. The zero-order valence-corrected chi connectivity index (χ0v) is 19.5. The number of aromatic amines is 1. The molecule has 0 spiro atoms. The lowest BCUT2D eigenvalue weighted by atomic mass is 9.85. The number of imidazole rings is 1. The Morgan fingerprint density at radius 1 is 1.00 bits per heavy atom. The standard InChI is InChI=1S/C27H35N5O/c1-2-8-24-23(7-1)29-26(30-24)19-32(25-9-3-5-20-6-4-14-28-27(20)25)22-12-10-21(11-13-22)31-15-17-33-18-16-31/h1-2,4,6-8,14,21-22,25H,3,5,9-13,15-19H2,(H,29,30)/t21?,22?,25-/m0/s1. The first-order valence-corrected chi connectivity index (χ1v) is 12.8. The average Bonchev–Trinajstić information content (AvgIpc) is 3.30. The second-order valence-corrected chi connectivity index (χ2v) is 9.94. The molecule has 6 heteroatoms. The number of H-pyrrole nitrogens is 1. The molecule has 2 fully saturated rings. The Morgan fingerprint density at radius 2 is 1.85 bits per heavy atom. The summed E-state index contributed by atoms with van der Waals surface area (Å²) >= 11 is 0. The second-order valence-electron chi connectivity index (χ2n) is 9.94. The molecule has 33 heavy (non-hydrogen) atoms. The van der Waals surface area contributed by atoms with Crippen LogP contribution in [0.2, 0.25) is 0 Å². The van der Waals surface area contributed by atoms with Gasteiger partial charge in [-0.15, -0.1) is 0 Å². The molecule has 0 unspecified atom stereocenters. The van der Waals surface area contributed by atoms with Crippen LogP contribution in [0.15, 0.2) is 42.6 Å². The SMILES string of the molecule is c1cnc2c(c1)CCC[C@@H]2N(Cc1nc2ccccc2[nH]1)C1CCC(N2CCOCC2)CC1. The van der Waals surface area contributed by atoms with Crippen molar-refractivity contribution in [1.82, 2.24) is 24.8 Å². The van der Waals surface area contributed by atoms with Crippen molar-refractivity contribution >= 4 is 11.0 Å². The zero-order chi connectivity index (χ0) is 22.0. The number of nitrogens with zero attached hydrogens (tertiary/aromatic N) is 4. The molecule has 1 saturated carbocycles. The molecule has 1 saturated heterocycles. The van der Waals surface area contributed by atoms with Crippen LogP contribution in [-0.2, 0) is 17.7 Å². The van der Waals surface area contributed by atoms with Gasteiger partial charge in [0.2, 0.25) is 0 Å². The molecule has 2 aliphatic carbocycles. The van der Waals surface area contributed by atoms with E-state index in [2.05, 4.69) is 51.2 Å². The van der Waals surface area contributed by atoms with Crippen molar-refractivity contribution in [2.24, 2.45) is 0 Å². The van der Waals surface area contributed by atoms with E-state index in [1.807, 2.05) is 6.20 Å². The van der Waals surface area contributed by atoms with Gasteiger partial charge in [0, 0.05) is 31.4 Å². The van der Waals surface area contributed by atoms with Gasteiger partial charge >= 0.3 is 0 Å². The first kappa shape index (κ1) is 21.3. The van der Waals surface area contributed by atoms with E-state index in [-0.39, 0.29) is 0 Å². The number of ether oxygens (including phenoxy) is 1. The minimum atomic E-state index is 0.382. The first-order chi connectivity index (χ1) is 16.3. The van der Waals surface area contributed by atoms with E-state index in [1.165, 1.54) is 49.8 Å². The Bertz CT molecular complexity index is 1030. The molecule has 6 nitrogen and oxygen atoms in total. The van der Waals surface area contributed by atoms with E-state index in [0.29, 0.717) is 12.1 Å². The number of nitrogens with one attached hydrogen (secondary N) is 1. The van der Waals surface area contributed by atoms with Crippen LogP contribution in [-0.4, -0.2) is 63.1 Å². The van der Waals surface area contributed by atoms with E-state index in [1.54, 1.807) is 0 Å². The highest BCUT2D eigenvalue weighted by molar-refractivity contribution is 5.74. The van der Waals surface area contributed by atoms with Crippen LogP contribution in [0.25, 0.3) is 11.0 Å². The summed E-state index contributed by atoms with van der Waals surface area (Å²) in [6.45, 7) is 4.84. The molecule has 2 aromatic heterocycles.